The molecule has 0 bridgehead atoms. The summed E-state index contributed by atoms with van der Waals surface area (Å²) in [6.45, 7) is 8.05. The third kappa shape index (κ3) is 5.50. The van der Waals surface area contributed by atoms with E-state index in [-0.39, 0.29) is 0 Å². The molecular weight excluding hydrogens is 188 g/mol. The van der Waals surface area contributed by atoms with Gasteiger partial charge >= 0.3 is 0 Å². The highest BCUT2D eigenvalue weighted by Gasteiger charge is 2.18. The minimum absolute atomic E-state index is 0.467. The maximum Gasteiger partial charge on any atom is 0.0698 e. The zero-order valence-electron chi connectivity index (χ0n) is 10.3. The second-order valence-corrected chi connectivity index (χ2v) is 4.40. The largest absolute Gasteiger partial charge is 0.380 e. The number of ether oxygens (including phenoxy) is 1. The number of nitrogens with zero attached hydrogens (tertiary/aromatic N) is 1. The molecule has 1 aliphatic rings. The average molecular weight is 214 g/mol. The van der Waals surface area contributed by atoms with Gasteiger partial charge in [-0.3, -0.25) is 4.90 Å². The molecule has 0 aromatic heterocycles. The van der Waals surface area contributed by atoms with E-state index in [9.17, 15) is 0 Å². The van der Waals surface area contributed by atoms with E-state index >= 15 is 0 Å². The highest BCUT2D eigenvalue weighted by molar-refractivity contribution is 4.73. The SMILES string of the molecule is CCCCNCCN1CCCC(OC)C1. The molecule has 3 heteroatoms. The van der Waals surface area contributed by atoms with E-state index < -0.39 is 0 Å². The Hall–Kier alpha value is -0.120. The summed E-state index contributed by atoms with van der Waals surface area (Å²) in [5, 5.41) is 3.48. The summed E-state index contributed by atoms with van der Waals surface area (Å²) in [5.74, 6) is 0. The van der Waals surface area contributed by atoms with Crippen molar-refractivity contribution in [3.05, 3.63) is 0 Å². The van der Waals surface area contributed by atoms with Crippen LogP contribution in [0, 0.1) is 0 Å². The van der Waals surface area contributed by atoms with Crippen LogP contribution in [0.25, 0.3) is 0 Å². The van der Waals surface area contributed by atoms with Crippen LogP contribution >= 0.6 is 0 Å². The highest BCUT2D eigenvalue weighted by atomic mass is 16.5. The van der Waals surface area contributed by atoms with Crippen molar-refractivity contribution in [2.75, 3.05) is 39.8 Å². The number of methoxy groups -OCH3 is 1. The van der Waals surface area contributed by atoms with E-state index in [1.54, 1.807) is 0 Å². The Morgan fingerprint density at radius 1 is 1.40 bits per heavy atom. The van der Waals surface area contributed by atoms with Crippen molar-refractivity contribution in [2.45, 2.75) is 38.7 Å². The van der Waals surface area contributed by atoms with Crippen LogP contribution in [-0.4, -0.2) is 50.8 Å². The van der Waals surface area contributed by atoms with Crippen LogP contribution in [-0.2, 0) is 4.74 Å². The van der Waals surface area contributed by atoms with Crippen LogP contribution in [0.1, 0.15) is 32.6 Å². The van der Waals surface area contributed by atoms with Gasteiger partial charge in [0.15, 0.2) is 0 Å². The summed E-state index contributed by atoms with van der Waals surface area (Å²) >= 11 is 0. The first-order chi connectivity index (χ1) is 7.36. The first kappa shape index (κ1) is 12.9. The summed E-state index contributed by atoms with van der Waals surface area (Å²) < 4.78 is 5.40. The van der Waals surface area contributed by atoms with Crippen LogP contribution in [0.2, 0.25) is 0 Å². The van der Waals surface area contributed by atoms with Crippen molar-refractivity contribution in [3.63, 3.8) is 0 Å². The standard InChI is InChI=1S/C12H26N2O/c1-3-4-7-13-8-10-14-9-5-6-12(11-14)15-2/h12-13H,3-11H2,1-2H3. The summed E-state index contributed by atoms with van der Waals surface area (Å²) in [5.41, 5.74) is 0. The Kier molecular flexibility index (Phi) is 6.98. The van der Waals surface area contributed by atoms with Crippen molar-refractivity contribution in [1.82, 2.24) is 10.2 Å². The molecule has 0 aromatic carbocycles. The third-order valence-corrected chi connectivity index (χ3v) is 3.11. The molecule has 1 aliphatic heterocycles. The van der Waals surface area contributed by atoms with Gasteiger partial charge in [-0.1, -0.05) is 13.3 Å². The summed E-state index contributed by atoms with van der Waals surface area (Å²) in [6.07, 6.45) is 5.56. The number of unbranched alkanes of at least 4 members (excludes halogenated alkanes) is 1. The molecule has 1 atom stereocenters. The van der Waals surface area contributed by atoms with E-state index in [4.69, 9.17) is 4.74 Å². The van der Waals surface area contributed by atoms with Crippen molar-refractivity contribution in [2.24, 2.45) is 0 Å². The number of rotatable bonds is 7. The van der Waals surface area contributed by atoms with Gasteiger partial charge in [0, 0.05) is 26.7 Å². The Morgan fingerprint density at radius 2 is 2.27 bits per heavy atom. The monoisotopic (exact) mass is 214 g/mol. The number of piperidine rings is 1. The fourth-order valence-electron chi connectivity index (χ4n) is 2.07. The van der Waals surface area contributed by atoms with Crippen molar-refractivity contribution in [3.8, 4) is 0 Å². The molecule has 0 aromatic rings. The summed E-state index contributed by atoms with van der Waals surface area (Å²) in [7, 11) is 1.83. The van der Waals surface area contributed by atoms with E-state index in [0.29, 0.717) is 6.10 Å². The molecule has 0 radical (unpaired) electrons. The molecule has 1 N–H and O–H groups in total. The molecule has 1 heterocycles. The molecule has 0 saturated carbocycles. The van der Waals surface area contributed by atoms with Crippen molar-refractivity contribution < 1.29 is 4.74 Å². The Morgan fingerprint density at radius 3 is 3.00 bits per heavy atom. The molecule has 3 nitrogen and oxygen atoms in total. The lowest BCUT2D eigenvalue weighted by molar-refractivity contribution is 0.0319. The van der Waals surface area contributed by atoms with Crippen LogP contribution < -0.4 is 5.32 Å². The molecule has 90 valence electrons. The maximum absolute atomic E-state index is 5.40. The van der Waals surface area contributed by atoms with E-state index in [2.05, 4.69) is 17.1 Å². The van der Waals surface area contributed by atoms with E-state index in [1.807, 2.05) is 7.11 Å². The van der Waals surface area contributed by atoms with Gasteiger partial charge in [0.2, 0.25) is 0 Å². The van der Waals surface area contributed by atoms with Crippen LogP contribution in [0.3, 0.4) is 0 Å². The van der Waals surface area contributed by atoms with Gasteiger partial charge in [0.05, 0.1) is 6.10 Å². The zero-order chi connectivity index (χ0) is 10.9. The van der Waals surface area contributed by atoms with E-state index in [1.165, 1.54) is 38.8 Å². The Balaban J connectivity index is 2.00. The first-order valence-electron chi connectivity index (χ1n) is 6.32. The lowest BCUT2D eigenvalue weighted by Crippen LogP contribution is -2.42. The van der Waals surface area contributed by atoms with Gasteiger partial charge in [-0.25, -0.2) is 0 Å². The van der Waals surface area contributed by atoms with Crippen molar-refractivity contribution >= 4 is 0 Å². The fraction of sp³-hybridized carbons (Fsp3) is 1.00. The molecule has 15 heavy (non-hydrogen) atoms. The predicted octanol–water partition coefficient (Wildman–Crippen LogP) is 1.49. The predicted molar refractivity (Wildman–Crippen MR) is 64.2 cm³/mol. The normalized spacial score (nSPS) is 23.2. The topological polar surface area (TPSA) is 24.5 Å². The summed E-state index contributed by atoms with van der Waals surface area (Å²) in [6, 6.07) is 0. The molecule has 1 fully saturated rings. The Bertz CT molecular complexity index is 153. The molecule has 1 saturated heterocycles. The third-order valence-electron chi connectivity index (χ3n) is 3.11. The van der Waals surface area contributed by atoms with Crippen LogP contribution in [0.15, 0.2) is 0 Å². The Labute approximate surface area is 94.2 Å². The summed E-state index contributed by atoms with van der Waals surface area (Å²) in [4.78, 5) is 2.51. The number of hydrogen-bond acceptors (Lipinski definition) is 3. The molecule has 0 aliphatic carbocycles. The smallest absolute Gasteiger partial charge is 0.0698 e. The minimum atomic E-state index is 0.467. The minimum Gasteiger partial charge on any atom is -0.380 e. The average Bonchev–Trinajstić information content (AvgIpc) is 2.29. The van der Waals surface area contributed by atoms with E-state index in [0.717, 1.165) is 19.6 Å². The number of hydrogen-bond donors (Lipinski definition) is 1. The molecule has 1 unspecified atom stereocenters. The highest BCUT2D eigenvalue weighted by Crippen LogP contribution is 2.11. The molecular formula is C12H26N2O. The van der Waals surface area contributed by atoms with Crippen molar-refractivity contribution in [1.29, 1.82) is 0 Å². The lowest BCUT2D eigenvalue weighted by Gasteiger charge is -2.31. The second-order valence-electron chi connectivity index (χ2n) is 4.40. The van der Waals surface area contributed by atoms with Crippen LogP contribution in [0.5, 0.6) is 0 Å². The van der Waals surface area contributed by atoms with Gasteiger partial charge in [0.25, 0.3) is 0 Å². The second kappa shape index (κ2) is 8.08. The molecule has 0 amide bonds. The quantitative estimate of drug-likeness (QED) is 0.650. The zero-order valence-corrected chi connectivity index (χ0v) is 10.3. The van der Waals surface area contributed by atoms with Gasteiger partial charge in [-0.15, -0.1) is 0 Å². The maximum atomic E-state index is 5.40. The van der Waals surface area contributed by atoms with Gasteiger partial charge < -0.3 is 10.1 Å². The van der Waals surface area contributed by atoms with Gasteiger partial charge in [0.1, 0.15) is 0 Å². The first-order valence-corrected chi connectivity index (χ1v) is 6.32. The fourth-order valence-corrected chi connectivity index (χ4v) is 2.07. The van der Waals surface area contributed by atoms with Gasteiger partial charge in [-0.05, 0) is 32.4 Å². The molecule has 0 spiro atoms. The molecule has 1 rings (SSSR count). The number of likely N-dealkylation sites (tertiary alicyclic amines) is 1. The van der Waals surface area contributed by atoms with Gasteiger partial charge in [-0.2, -0.15) is 0 Å². The number of nitrogens with one attached hydrogen (secondary N) is 1. The van der Waals surface area contributed by atoms with Crippen LogP contribution in [0.4, 0.5) is 0 Å². The lowest BCUT2D eigenvalue weighted by atomic mass is 10.1.